The molecule has 0 spiro atoms. The summed E-state index contributed by atoms with van der Waals surface area (Å²) in [6, 6.07) is 11.0. The van der Waals surface area contributed by atoms with Crippen molar-refractivity contribution in [2.24, 2.45) is 5.73 Å². The van der Waals surface area contributed by atoms with E-state index in [4.69, 9.17) is 10.5 Å². The zero-order chi connectivity index (χ0) is 19.6. The van der Waals surface area contributed by atoms with Crippen LogP contribution in [0.4, 0.5) is 17.1 Å². The van der Waals surface area contributed by atoms with Gasteiger partial charge in [-0.25, -0.2) is 0 Å². The largest absolute Gasteiger partial charge is 0.479 e. The Balaban J connectivity index is 1.63. The SMILES string of the molecule is C[C@H](Nc1ccc2c(c1)NC(=O)[C@H](C)O2)C(=O)Nc1ccc(C(N)=O)cc1. The highest BCUT2D eigenvalue weighted by Crippen LogP contribution is 2.32. The highest BCUT2D eigenvalue weighted by atomic mass is 16.5. The Morgan fingerprint density at radius 3 is 2.48 bits per heavy atom. The predicted octanol–water partition coefficient (Wildman–Crippen LogP) is 1.94. The summed E-state index contributed by atoms with van der Waals surface area (Å²) in [6.45, 7) is 3.39. The van der Waals surface area contributed by atoms with E-state index in [2.05, 4.69) is 16.0 Å². The second-order valence-corrected chi connectivity index (χ2v) is 6.26. The Bertz CT molecular complexity index is 895. The molecule has 3 rings (SSSR count). The summed E-state index contributed by atoms with van der Waals surface area (Å²) >= 11 is 0. The van der Waals surface area contributed by atoms with Gasteiger partial charge in [0.25, 0.3) is 5.91 Å². The number of amides is 3. The summed E-state index contributed by atoms with van der Waals surface area (Å²) in [7, 11) is 0. The minimum Gasteiger partial charge on any atom is -0.479 e. The first-order valence-corrected chi connectivity index (χ1v) is 8.42. The molecule has 3 amide bonds. The fourth-order valence-corrected chi connectivity index (χ4v) is 2.58. The lowest BCUT2D eigenvalue weighted by atomic mass is 10.2. The summed E-state index contributed by atoms with van der Waals surface area (Å²) in [5.74, 6) is -0.418. The van der Waals surface area contributed by atoms with Gasteiger partial charge in [-0.15, -0.1) is 0 Å². The zero-order valence-electron chi connectivity index (χ0n) is 14.9. The van der Waals surface area contributed by atoms with Crippen LogP contribution in [-0.2, 0) is 9.59 Å². The quantitative estimate of drug-likeness (QED) is 0.642. The monoisotopic (exact) mass is 368 g/mol. The smallest absolute Gasteiger partial charge is 0.265 e. The molecule has 8 nitrogen and oxygen atoms in total. The molecule has 2 atom stereocenters. The molecule has 140 valence electrons. The molecule has 5 N–H and O–H groups in total. The van der Waals surface area contributed by atoms with Gasteiger partial charge in [-0.2, -0.15) is 0 Å². The topological polar surface area (TPSA) is 123 Å². The molecular weight excluding hydrogens is 348 g/mol. The minimum atomic E-state index is -0.544. The maximum atomic E-state index is 12.4. The van der Waals surface area contributed by atoms with Crippen LogP contribution in [0, 0.1) is 0 Å². The van der Waals surface area contributed by atoms with Crippen LogP contribution in [-0.4, -0.2) is 29.9 Å². The van der Waals surface area contributed by atoms with Gasteiger partial charge < -0.3 is 26.4 Å². The number of hydrogen-bond acceptors (Lipinski definition) is 5. The lowest BCUT2D eigenvalue weighted by molar-refractivity contribution is -0.122. The van der Waals surface area contributed by atoms with E-state index in [9.17, 15) is 14.4 Å². The molecule has 0 bridgehead atoms. The van der Waals surface area contributed by atoms with E-state index in [1.54, 1.807) is 56.3 Å². The molecule has 0 saturated heterocycles. The van der Waals surface area contributed by atoms with Gasteiger partial charge in [0.2, 0.25) is 11.8 Å². The normalized spacial score (nSPS) is 16.4. The number of rotatable bonds is 5. The number of nitrogens with one attached hydrogen (secondary N) is 3. The molecule has 0 unspecified atom stereocenters. The van der Waals surface area contributed by atoms with Crippen molar-refractivity contribution in [2.45, 2.75) is 26.0 Å². The maximum Gasteiger partial charge on any atom is 0.265 e. The number of anilines is 3. The Hall–Kier alpha value is -3.55. The second kappa shape index (κ2) is 7.36. The summed E-state index contributed by atoms with van der Waals surface area (Å²) in [4.78, 5) is 35.2. The number of benzene rings is 2. The molecule has 1 heterocycles. The van der Waals surface area contributed by atoms with Crippen LogP contribution in [0.1, 0.15) is 24.2 Å². The first-order valence-electron chi connectivity index (χ1n) is 8.42. The zero-order valence-corrected chi connectivity index (χ0v) is 14.9. The van der Waals surface area contributed by atoms with E-state index in [0.29, 0.717) is 28.4 Å². The van der Waals surface area contributed by atoms with Crippen molar-refractivity contribution in [1.82, 2.24) is 0 Å². The second-order valence-electron chi connectivity index (χ2n) is 6.26. The van der Waals surface area contributed by atoms with Gasteiger partial charge in [-0.1, -0.05) is 0 Å². The van der Waals surface area contributed by atoms with Crippen LogP contribution in [0.3, 0.4) is 0 Å². The van der Waals surface area contributed by atoms with Crippen molar-refractivity contribution in [3.63, 3.8) is 0 Å². The van der Waals surface area contributed by atoms with Crippen molar-refractivity contribution in [3.8, 4) is 5.75 Å². The predicted molar refractivity (Wildman–Crippen MR) is 102 cm³/mol. The summed E-state index contributed by atoms with van der Waals surface area (Å²) < 4.78 is 5.50. The molecule has 0 fully saturated rings. The van der Waals surface area contributed by atoms with E-state index in [-0.39, 0.29) is 11.8 Å². The number of carbonyl (C=O) groups is 3. The Labute approximate surface area is 156 Å². The average molecular weight is 368 g/mol. The van der Waals surface area contributed by atoms with E-state index in [0.717, 1.165) is 0 Å². The molecule has 0 saturated carbocycles. The van der Waals surface area contributed by atoms with Crippen LogP contribution in [0.15, 0.2) is 42.5 Å². The Kier molecular flexibility index (Phi) is 4.98. The fourth-order valence-electron chi connectivity index (χ4n) is 2.58. The van der Waals surface area contributed by atoms with E-state index < -0.39 is 18.1 Å². The summed E-state index contributed by atoms with van der Waals surface area (Å²) in [5, 5.41) is 8.59. The van der Waals surface area contributed by atoms with Gasteiger partial charge in [-0.05, 0) is 56.3 Å². The number of primary amides is 1. The molecule has 27 heavy (non-hydrogen) atoms. The number of nitrogens with two attached hydrogens (primary N) is 1. The molecular formula is C19H20N4O4. The third-order valence-electron chi connectivity index (χ3n) is 4.12. The van der Waals surface area contributed by atoms with Gasteiger partial charge in [0.15, 0.2) is 6.10 Å². The molecule has 1 aliphatic rings. The maximum absolute atomic E-state index is 12.4. The minimum absolute atomic E-state index is 0.218. The van der Waals surface area contributed by atoms with Crippen molar-refractivity contribution >= 4 is 34.8 Å². The molecule has 1 aliphatic heterocycles. The number of carbonyl (C=O) groups excluding carboxylic acids is 3. The number of fused-ring (bicyclic) bond motifs is 1. The van der Waals surface area contributed by atoms with Crippen LogP contribution in [0.25, 0.3) is 0 Å². The summed E-state index contributed by atoms with van der Waals surface area (Å²) in [6.07, 6.45) is -0.540. The number of ether oxygens (including phenoxy) is 1. The third kappa shape index (κ3) is 4.17. The van der Waals surface area contributed by atoms with Gasteiger partial charge in [0.05, 0.1) is 5.69 Å². The first kappa shape index (κ1) is 18.2. The highest BCUT2D eigenvalue weighted by molar-refractivity contribution is 5.99. The summed E-state index contributed by atoms with van der Waals surface area (Å²) in [5.41, 5.74) is 7.33. The van der Waals surface area contributed by atoms with E-state index >= 15 is 0 Å². The van der Waals surface area contributed by atoms with E-state index in [1.165, 1.54) is 0 Å². The van der Waals surface area contributed by atoms with Crippen molar-refractivity contribution in [2.75, 3.05) is 16.0 Å². The standard InChI is InChI=1S/C19H20N4O4/c1-10(18(25)22-13-5-3-12(4-6-13)17(20)24)21-14-7-8-16-15(9-14)23-19(26)11(2)27-16/h3-11,21H,1-2H3,(H2,20,24)(H,22,25)(H,23,26)/t10-,11-/m0/s1. The lowest BCUT2D eigenvalue weighted by Gasteiger charge is -2.24. The van der Waals surface area contributed by atoms with Gasteiger partial charge in [-0.3, -0.25) is 14.4 Å². The Morgan fingerprint density at radius 1 is 1.15 bits per heavy atom. The van der Waals surface area contributed by atoms with Gasteiger partial charge in [0, 0.05) is 16.9 Å². The van der Waals surface area contributed by atoms with Crippen LogP contribution < -0.4 is 26.4 Å². The van der Waals surface area contributed by atoms with Crippen LogP contribution >= 0.6 is 0 Å². The third-order valence-corrected chi connectivity index (χ3v) is 4.12. The lowest BCUT2D eigenvalue weighted by Crippen LogP contribution is -2.34. The fraction of sp³-hybridized carbons (Fsp3) is 0.211. The van der Waals surface area contributed by atoms with Gasteiger partial charge >= 0.3 is 0 Å². The highest BCUT2D eigenvalue weighted by Gasteiger charge is 2.24. The van der Waals surface area contributed by atoms with Crippen molar-refractivity contribution in [1.29, 1.82) is 0 Å². The van der Waals surface area contributed by atoms with Gasteiger partial charge in [0.1, 0.15) is 11.8 Å². The van der Waals surface area contributed by atoms with Crippen LogP contribution in [0.5, 0.6) is 5.75 Å². The molecule has 2 aromatic carbocycles. The van der Waals surface area contributed by atoms with Crippen molar-refractivity contribution < 1.29 is 19.1 Å². The molecule has 2 aromatic rings. The first-order chi connectivity index (χ1) is 12.8. The molecule has 0 aliphatic carbocycles. The van der Waals surface area contributed by atoms with Crippen LogP contribution in [0.2, 0.25) is 0 Å². The number of hydrogen-bond donors (Lipinski definition) is 4. The average Bonchev–Trinajstić information content (AvgIpc) is 2.63. The Morgan fingerprint density at radius 2 is 1.81 bits per heavy atom. The molecule has 0 radical (unpaired) electrons. The van der Waals surface area contributed by atoms with Crippen molar-refractivity contribution in [3.05, 3.63) is 48.0 Å². The molecule has 8 heteroatoms. The molecule has 0 aromatic heterocycles. The van der Waals surface area contributed by atoms with E-state index in [1.807, 2.05) is 0 Å².